The number of benzene rings is 2. The molecular weight excluding hydrogens is 417 g/mol. The number of aromatic nitrogens is 1. The number of anilines is 1. The number of hydrogen-bond acceptors (Lipinski definition) is 5. The molecule has 5 nitrogen and oxygen atoms in total. The van der Waals surface area contributed by atoms with Gasteiger partial charge >= 0.3 is 6.18 Å². The van der Waals surface area contributed by atoms with E-state index in [9.17, 15) is 18.0 Å². The quantitative estimate of drug-likeness (QED) is 0.569. The molecule has 0 aliphatic rings. The lowest BCUT2D eigenvalue weighted by atomic mass is 10.1. The van der Waals surface area contributed by atoms with Crippen LogP contribution in [0.2, 0.25) is 0 Å². The van der Waals surface area contributed by atoms with Gasteiger partial charge in [0.05, 0.1) is 26.2 Å². The van der Waals surface area contributed by atoms with Gasteiger partial charge in [-0.05, 0) is 29.3 Å². The van der Waals surface area contributed by atoms with Crippen molar-refractivity contribution in [1.29, 1.82) is 0 Å². The Hall–Kier alpha value is -3.07. The Morgan fingerprint density at radius 1 is 1.07 bits per heavy atom. The Morgan fingerprint density at radius 3 is 2.53 bits per heavy atom. The maximum Gasteiger partial charge on any atom is 0.416 e. The van der Waals surface area contributed by atoms with Crippen LogP contribution in [0.15, 0.2) is 48.7 Å². The van der Waals surface area contributed by atoms with Gasteiger partial charge < -0.3 is 14.8 Å². The van der Waals surface area contributed by atoms with Gasteiger partial charge in [-0.2, -0.15) is 13.2 Å². The predicted octanol–water partition coefficient (Wildman–Crippen LogP) is 4.95. The summed E-state index contributed by atoms with van der Waals surface area (Å²) in [6.45, 7) is 0. The van der Waals surface area contributed by atoms with Crippen molar-refractivity contribution in [3.63, 3.8) is 0 Å². The third kappa shape index (κ3) is 5.50. The molecule has 0 bridgehead atoms. The second-order valence-corrected chi connectivity index (χ2v) is 7.54. The Morgan fingerprint density at radius 2 is 1.83 bits per heavy atom. The van der Waals surface area contributed by atoms with Crippen LogP contribution in [0.3, 0.4) is 0 Å². The minimum Gasteiger partial charge on any atom is -0.493 e. The number of carbonyl (C=O) groups is 1. The second-order valence-electron chi connectivity index (χ2n) is 6.42. The van der Waals surface area contributed by atoms with Gasteiger partial charge in [0.2, 0.25) is 5.91 Å². The van der Waals surface area contributed by atoms with Crippen LogP contribution in [-0.4, -0.2) is 25.1 Å². The summed E-state index contributed by atoms with van der Waals surface area (Å²) in [5, 5.41) is 3.11. The fraction of sp³-hybridized carbons (Fsp3) is 0.238. The van der Waals surface area contributed by atoms with Crippen molar-refractivity contribution in [3.05, 3.63) is 70.2 Å². The molecule has 0 radical (unpaired) electrons. The standard InChI is InChI=1S/C21H19F3N2O3S/c1-28-17-7-6-14(10-18(17)29-2)11-19(27)26-20-25-12-16(30-20)9-13-4-3-5-15(8-13)21(22,23)24/h3-8,10,12H,9,11H2,1-2H3,(H,25,26,27). The second kappa shape index (κ2) is 9.17. The van der Waals surface area contributed by atoms with E-state index in [2.05, 4.69) is 10.3 Å². The average molecular weight is 436 g/mol. The molecule has 158 valence electrons. The first kappa shape index (κ1) is 21.6. The van der Waals surface area contributed by atoms with E-state index >= 15 is 0 Å². The van der Waals surface area contributed by atoms with E-state index in [1.165, 1.54) is 31.6 Å². The van der Waals surface area contributed by atoms with Gasteiger partial charge in [-0.15, -0.1) is 11.3 Å². The predicted molar refractivity (Wildman–Crippen MR) is 108 cm³/mol. The zero-order valence-corrected chi connectivity index (χ0v) is 17.1. The van der Waals surface area contributed by atoms with Gasteiger partial charge in [-0.1, -0.05) is 24.3 Å². The maximum atomic E-state index is 12.9. The van der Waals surface area contributed by atoms with E-state index in [-0.39, 0.29) is 12.3 Å². The number of amides is 1. The number of nitrogens with zero attached hydrogens (tertiary/aromatic N) is 1. The number of halogens is 3. The molecular formula is C21H19F3N2O3S. The van der Waals surface area contributed by atoms with Crippen LogP contribution >= 0.6 is 11.3 Å². The van der Waals surface area contributed by atoms with E-state index in [0.29, 0.717) is 28.6 Å². The van der Waals surface area contributed by atoms with Crippen molar-refractivity contribution < 1.29 is 27.4 Å². The van der Waals surface area contributed by atoms with Gasteiger partial charge in [-0.3, -0.25) is 4.79 Å². The number of hydrogen-bond donors (Lipinski definition) is 1. The number of nitrogens with one attached hydrogen (secondary N) is 1. The Balaban J connectivity index is 1.62. The molecule has 1 amide bonds. The van der Waals surface area contributed by atoms with Crippen LogP contribution in [0.1, 0.15) is 21.6 Å². The number of thiazole rings is 1. The molecule has 0 spiro atoms. The molecule has 0 aliphatic carbocycles. The first-order chi connectivity index (χ1) is 14.3. The van der Waals surface area contributed by atoms with Gasteiger partial charge in [0.25, 0.3) is 0 Å². The SMILES string of the molecule is COc1ccc(CC(=O)Nc2ncc(Cc3cccc(C(F)(F)F)c3)s2)cc1OC. The summed E-state index contributed by atoms with van der Waals surface area (Å²) < 4.78 is 49.0. The molecule has 30 heavy (non-hydrogen) atoms. The lowest BCUT2D eigenvalue weighted by Crippen LogP contribution is -2.14. The van der Waals surface area contributed by atoms with E-state index < -0.39 is 11.7 Å². The molecule has 0 saturated carbocycles. The topological polar surface area (TPSA) is 60.5 Å². The summed E-state index contributed by atoms with van der Waals surface area (Å²) in [5.74, 6) is 0.837. The van der Waals surface area contributed by atoms with Gasteiger partial charge in [0, 0.05) is 17.5 Å². The van der Waals surface area contributed by atoms with Crippen molar-refractivity contribution in [2.24, 2.45) is 0 Å². The zero-order valence-electron chi connectivity index (χ0n) is 16.2. The molecule has 0 saturated heterocycles. The monoisotopic (exact) mass is 436 g/mol. The van der Waals surface area contributed by atoms with Crippen LogP contribution in [0.4, 0.5) is 18.3 Å². The summed E-state index contributed by atoms with van der Waals surface area (Å²) in [6, 6.07) is 10.4. The molecule has 0 fully saturated rings. The first-order valence-electron chi connectivity index (χ1n) is 8.90. The zero-order chi connectivity index (χ0) is 21.7. The van der Waals surface area contributed by atoms with Crippen molar-refractivity contribution in [2.75, 3.05) is 19.5 Å². The number of ether oxygens (including phenoxy) is 2. The number of carbonyl (C=O) groups excluding carboxylic acids is 1. The van der Waals surface area contributed by atoms with Crippen LogP contribution in [-0.2, 0) is 23.8 Å². The highest BCUT2D eigenvalue weighted by Gasteiger charge is 2.30. The molecule has 2 aromatic carbocycles. The highest BCUT2D eigenvalue weighted by Crippen LogP contribution is 2.31. The van der Waals surface area contributed by atoms with Crippen molar-refractivity contribution >= 4 is 22.4 Å². The third-order valence-corrected chi connectivity index (χ3v) is 5.16. The van der Waals surface area contributed by atoms with Crippen LogP contribution in [0.5, 0.6) is 11.5 Å². The van der Waals surface area contributed by atoms with E-state index in [4.69, 9.17) is 9.47 Å². The van der Waals surface area contributed by atoms with Crippen LogP contribution < -0.4 is 14.8 Å². The third-order valence-electron chi connectivity index (χ3n) is 4.25. The molecule has 9 heteroatoms. The maximum absolute atomic E-state index is 12.9. The van der Waals surface area contributed by atoms with E-state index in [1.807, 2.05) is 0 Å². The first-order valence-corrected chi connectivity index (χ1v) is 9.71. The molecule has 1 N–H and O–H groups in total. The molecule has 1 heterocycles. The van der Waals surface area contributed by atoms with Crippen molar-refractivity contribution in [2.45, 2.75) is 19.0 Å². The Bertz CT molecular complexity index is 1030. The van der Waals surface area contributed by atoms with Crippen molar-refractivity contribution in [3.8, 4) is 11.5 Å². The van der Waals surface area contributed by atoms with Crippen LogP contribution in [0.25, 0.3) is 0 Å². The van der Waals surface area contributed by atoms with Crippen LogP contribution in [0, 0.1) is 0 Å². The van der Waals surface area contributed by atoms with E-state index in [0.717, 1.165) is 22.6 Å². The number of rotatable bonds is 7. The molecule has 3 rings (SSSR count). The minimum atomic E-state index is -4.38. The smallest absolute Gasteiger partial charge is 0.416 e. The molecule has 3 aromatic rings. The number of methoxy groups -OCH3 is 2. The minimum absolute atomic E-state index is 0.114. The van der Waals surface area contributed by atoms with Gasteiger partial charge in [0.15, 0.2) is 16.6 Å². The molecule has 0 aliphatic heterocycles. The molecule has 0 atom stereocenters. The largest absolute Gasteiger partial charge is 0.493 e. The van der Waals surface area contributed by atoms with Crippen molar-refractivity contribution in [1.82, 2.24) is 4.98 Å². The summed E-state index contributed by atoms with van der Waals surface area (Å²) in [7, 11) is 3.05. The summed E-state index contributed by atoms with van der Waals surface area (Å²) >= 11 is 1.22. The summed E-state index contributed by atoms with van der Waals surface area (Å²) in [6.07, 6.45) is -2.42. The lowest BCUT2D eigenvalue weighted by Gasteiger charge is -2.09. The Kier molecular flexibility index (Phi) is 6.61. The fourth-order valence-corrected chi connectivity index (χ4v) is 3.71. The van der Waals surface area contributed by atoms with Gasteiger partial charge in [-0.25, -0.2) is 4.98 Å². The highest BCUT2D eigenvalue weighted by atomic mass is 32.1. The molecule has 0 unspecified atom stereocenters. The average Bonchev–Trinajstić information content (AvgIpc) is 3.13. The summed E-state index contributed by atoms with van der Waals surface area (Å²) in [5.41, 5.74) is 0.579. The highest BCUT2D eigenvalue weighted by molar-refractivity contribution is 7.15. The van der Waals surface area contributed by atoms with E-state index in [1.54, 1.807) is 30.5 Å². The fourth-order valence-electron chi connectivity index (χ4n) is 2.85. The molecule has 1 aromatic heterocycles. The van der Waals surface area contributed by atoms with Gasteiger partial charge in [0.1, 0.15) is 0 Å². The number of alkyl halides is 3. The Labute approximate surface area is 175 Å². The normalized spacial score (nSPS) is 11.2. The lowest BCUT2D eigenvalue weighted by molar-refractivity contribution is -0.137. The summed E-state index contributed by atoms with van der Waals surface area (Å²) in [4.78, 5) is 17.2.